The molecule has 0 unspecified atom stereocenters. The molecule has 8 heteroatoms. The molecule has 0 amide bonds. The molecule has 0 aliphatic carbocycles. The molecule has 0 bridgehead atoms. The summed E-state index contributed by atoms with van der Waals surface area (Å²) >= 11 is 0. The molecule has 2 fully saturated rings. The lowest BCUT2D eigenvalue weighted by Crippen LogP contribution is -2.38. The highest BCUT2D eigenvalue weighted by molar-refractivity contribution is 5.91. The van der Waals surface area contributed by atoms with Gasteiger partial charge in [0.15, 0.2) is 0 Å². The summed E-state index contributed by atoms with van der Waals surface area (Å²) in [5, 5.41) is 0. The zero-order chi connectivity index (χ0) is 19.2. The molecule has 0 atom stereocenters. The van der Waals surface area contributed by atoms with Crippen molar-refractivity contribution in [3.8, 4) is 0 Å². The van der Waals surface area contributed by atoms with Crippen LogP contribution in [-0.2, 0) is 28.5 Å². The van der Waals surface area contributed by atoms with E-state index in [0.29, 0.717) is 33.0 Å². The first-order chi connectivity index (χ1) is 13.2. The highest BCUT2D eigenvalue weighted by atomic mass is 16.5. The van der Waals surface area contributed by atoms with Crippen LogP contribution in [0.5, 0.6) is 0 Å². The molecular weight excluding hydrogens is 352 g/mol. The number of carbonyl (C=O) groups is 2. The molecular formula is C19H32N2O6. The van der Waals surface area contributed by atoms with Gasteiger partial charge in [0.1, 0.15) is 6.61 Å². The van der Waals surface area contributed by atoms with Crippen LogP contribution >= 0.6 is 0 Å². The molecule has 27 heavy (non-hydrogen) atoms. The summed E-state index contributed by atoms with van der Waals surface area (Å²) in [7, 11) is 0. The van der Waals surface area contributed by atoms with Gasteiger partial charge in [-0.05, 0) is 25.8 Å². The molecule has 2 rings (SSSR count). The third kappa shape index (κ3) is 10.4. The lowest BCUT2D eigenvalue weighted by molar-refractivity contribution is -0.140. The third-order valence-corrected chi connectivity index (χ3v) is 4.58. The van der Waals surface area contributed by atoms with Crippen LogP contribution in [0.1, 0.15) is 19.3 Å². The van der Waals surface area contributed by atoms with Crippen LogP contribution < -0.4 is 0 Å². The smallest absolute Gasteiger partial charge is 0.331 e. The Morgan fingerprint density at radius 3 is 1.81 bits per heavy atom. The van der Waals surface area contributed by atoms with Gasteiger partial charge in [0, 0.05) is 44.9 Å². The Hall–Kier alpha value is -1.48. The minimum absolute atomic E-state index is 0.307. The fourth-order valence-electron chi connectivity index (χ4n) is 2.94. The van der Waals surface area contributed by atoms with Crippen molar-refractivity contribution in [3.63, 3.8) is 0 Å². The molecule has 0 aromatic rings. The van der Waals surface area contributed by atoms with Gasteiger partial charge in [0.2, 0.25) is 0 Å². The topological polar surface area (TPSA) is 77.5 Å². The van der Waals surface area contributed by atoms with Crippen molar-refractivity contribution < 1.29 is 28.5 Å². The maximum atomic E-state index is 11.6. The molecule has 0 radical (unpaired) electrons. The van der Waals surface area contributed by atoms with Crippen LogP contribution in [-0.4, -0.2) is 101 Å². The Bertz CT molecular complexity index is 459. The van der Waals surface area contributed by atoms with Crippen LogP contribution in [0.2, 0.25) is 0 Å². The van der Waals surface area contributed by atoms with E-state index in [2.05, 4.69) is 9.80 Å². The van der Waals surface area contributed by atoms with Gasteiger partial charge in [0.25, 0.3) is 0 Å². The van der Waals surface area contributed by atoms with E-state index in [-0.39, 0.29) is 0 Å². The van der Waals surface area contributed by atoms with E-state index in [0.717, 1.165) is 77.4 Å². The van der Waals surface area contributed by atoms with E-state index < -0.39 is 11.9 Å². The standard InChI is InChI=1S/C19H32N2O6/c22-18(26-12-3-1-2-6-20-7-13-24-14-8-20)4-5-19(23)27-17-11-21-9-15-25-16-10-21/h4-5H,1-3,6-17H2/b5-4+. The number of hydrogen-bond acceptors (Lipinski definition) is 8. The van der Waals surface area contributed by atoms with E-state index in [9.17, 15) is 9.59 Å². The monoisotopic (exact) mass is 384 g/mol. The summed E-state index contributed by atoms with van der Waals surface area (Å²) in [4.78, 5) is 27.7. The first kappa shape index (κ1) is 21.8. The highest BCUT2D eigenvalue weighted by Gasteiger charge is 2.11. The summed E-state index contributed by atoms with van der Waals surface area (Å²) in [5.41, 5.74) is 0. The van der Waals surface area contributed by atoms with Crippen LogP contribution in [0.15, 0.2) is 12.2 Å². The van der Waals surface area contributed by atoms with Gasteiger partial charge >= 0.3 is 11.9 Å². The molecule has 2 saturated heterocycles. The van der Waals surface area contributed by atoms with Crippen molar-refractivity contribution in [2.45, 2.75) is 19.3 Å². The molecule has 0 spiro atoms. The zero-order valence-corrected chi connectivity index (χ0v) is 16.1. The second-order valence-corrected chi connectivity index (χ2v) is 6.64. The summed E-state index contributed by atoms with van der Waals surface area (Å²) in [6, 6.07) is 0. The third-order valence-electron chi connectivity index (χ3n) is 4.58. The average Bonchev–Trinajstić information content (AvgIpc) is 2.70. The van der Waals surface area contributed by atoms with E-state index in [1.165, 1.54) is 0 Å². The largest absolute Gasteiger partial charge is 0.463 e. The molecule has 0 N–H and O–H groups in total. The van der Waals surface area contributed by atoms with Gasteiger partial charge in [-0.25, -0.2) is 9.59 Å². The van der Waals surface area contributed by atoms with Gasteiger partial charge in [-0.15, -0.1) is 0 Å². The minimum atomic E-state index is -0.522. The first-order valence-corrected chi connectivity index (χ1v) is 9.86. The van der Waals surface area contributed by atoms with Gasteiger partial charge in [0.05, 0.1) is 33.0 Å². The van der Waals surface area contributed by atoms with Crippen LogP contribution in [0.25, 0.3) is 0 Å². The number of esters is 2. The van der Waals surface area contributed by atoms with Crippen molar-refractivity contribution in [1.82, 2.24) is 9.80 Å². The number of carbonyl (C=O) groups excluding carboxylic acids is 2. The SMILES string of the molecule is O=C(/C=C/C(=O)OCCN1CCOCC1)OCCCCCN1CCOCC1. The Morgan fingerprint density at radius 1 is 0.704 bits per heavy atom. The van der Waals surface area contributed by atoms with Gasteiger partial charge in [-0.2, -0.15) is 0 Å². The summed E-state index contributed by atoms with van der Waals surface area (Å²) in [5.74, 6) is -1.03. The minimum Gasteiger partial charge on any atom is -0.463 e. The first-order valence-electron chi connectivity index (χ1n) is 9.86. The molecule has 8 nitrogen and oxygen atoms in total. The Morgan fingerprint density at radius 2 is 1.22 bits per heavy atom. The molecule has 2 heterocycles. The van der Waals surface area contributed by atoms with E-state index >= 15 is 0 Å². The second-order valence-electron chi connectivity index (χ2n) is 6.64. The average molecular weight is 384 g/mol. The molecule has 0 saturated carbocycles. The maximum absolute atomic E-state index is 11.6. The number of ether oxygens (including phenoxy) is 4. The molecule has 2 aliphatic heterocycles. The molecule has 0 aromatic heterocycles. The van der Waals surface area contributed by atoms with Crippen LogP contribution in [0, 0.1) is 0 Å². The van der Waals surface area contributed by atoms with Crippen molar-refractivity contribution in [1.29, 1.82) is 0 Å². The van der Waals surface area contributed by atoms with Gasteiger partial charge in [-0.3, -0.25) is 9.80 Å². The maximum Gasteiger partial charge on any atom is 0.331 e. The van der Waals surface area contributed by atoms with Crippen LogP contribution in [0.4, 0.5) is 0 Å². The van der Waals surface area contributed by atoms with Crippen molar-refractivity contribution in [3.05, 3.63) is 12.2 Å². The molecule has 2 aliphatic rings. The zero-order valence-electron chi connectivity index (χ0n) is 16.1. The van der Waals surface area contributed by atoms with E-state index in [1.807, 2.05) is 0 Å². The molecule has 0 aromatic carbocycles. The number of rotatable bonds is 11. The van der Waals surface area contributed by atoms with E-state index in [4.69, 9.17) is 18.9 Å². The summed E-state index contributed by atoms with van der Waals surface area (Å²) < 4.78 is 20.7. The van der Waals surface area contributed by atoms with E-state index in [1.54, 1.807) is 0 Å². The number of morpholine rings is 2. The summed E-state index contributed by atoms with van der Waals surface area (Å²) in [6.07, 6.45) is 5.18. The number of hydrogen-bond donors (Lipinski definition) is 0. The lowest BCUT2D eigenvalue weighted by Gasteiger charge is -2.26. The van der Waals surface area contributed by atoms with Gasteiger partial charge in [-0.1, -0.05) is 0 Å². The lowest BCUT2D eigenvalue weighted by atomic mass is 10.2. The Kier molecular flexibility index (Phi) is 11.0. The fraction of sp³-hybridized carbons (Fsp3) is 0.789. The predicted octanol–water partition coefficient (Wildman–Crippen LogP) is 0.464. The number of unbranched alkanes of at least 4 members (excludes halogenated alkanes) is 2. The second kappa shape index (κ2) is 13.7. The van der Waals surface area contributed by atoms with Gasteiger partial charge < -0.3 is 18.9 Å². The molecule has 154 valence electrons. The van der Waals surface area contributed by atoms with Crippen molar-refractivity contribution in [2.24, 2.45) is 0 Å². The van der Waals surface area contributed by atoms with Crippen molar-refractivity contribution in [2.75, 3.05) is 78.9 Å². The predicted molar refractivity (Wildman–Crippen MR) is 99.4 cm³/mol. The Labute approximate surface area is 161 Å². The Balaban J connectivity index is 1.42. The summed E-state index contributed by atoms with van der Waals surface area (Å²) in [6.45, 7) is 9.20. The fourth-order valence-corrected chi connectivity index (χ4v) is 2.94. The van der Waals surface area contributed by atoms with Crippen LogP contribution in [0.3, 0.4) is 0 Å². The quantitative estimate of drug-likeness (QED) is 0.289. The normalized spacial score (nSPS) is 19.3. The highest BCUT2D eigenvalue weighted by Crippen LogP contribution is 2.02. The van der Waals surface area contributed by atoms with Crippen molar-refractivity contribution >= 4 is 11.9 Å². The number of nitrogens with zero attached hydrogens (tertiary/aromatic N) is 2.